The molecule has 0 saturated carbocycles. The molecule has 0 amide bonds. The fraction of sp³-hybridized carbons (Fsp3) is 0.350. The van der Waals surface area contributed by atoms with Crippen LogP contribution >= 0.6 is 11.6 Å². The van der Waals surface area contributed by atoms with Crippen molar-refractivity contribution in [2.24, 2.45) is 0 Å². The summed E-state index contributed by atoms with van der Waals surface area (Å²) in [6.07, 6.45) is 3.66. The maximum absolute atomic E-state index is 6.11. The second-order valence-electron chi connectivity index (χ2n) is 6.54. The summed E-state index contributed by atoms with van der Waals surface area (Å²) in [5, 5.41) is 9.90. The third-order valence-corrected chi connectivity index (χ3v) is 4.93. The van der Waals surface area contributed by atoms with Crippen LogP contribution in [-0.4, -0.2) is 29.6 Å². The van der Waals surface area contributed by atoms with Gasteiger partial charge in [0.15, 0.2) is 5.82 Å². The van der Waals surface area contributed by atoms with Gasteiger partial charge >= 0.3 is 0 Å². The molecule has 1 N–H and O–H groups in total. The van der Waals surface area contributed by atoms with E-state index in [0.29, 0.717) is 5.02 Å². The number of halogens is 1. The minimum atomic E-state index is 0.216. The zero-order valence-corrected chi connectivity index (χ0v) is 15.5. The van der Waals surface area contributed by atoms with E-state index in [-0.39, 0.29) is 6.10 Å². The van der Waals surface area contributed by atoms with E-state index in [1.807, 2.05) is 47.1 Å². The number of rotatable bonds is 5. The highest BCUT2D eigenvalue weighted by molar-refractivity contribution is 6.30. The van der Waals surface area contributed by atoms with Gasteiger partial charge in [0.05, 0.1) is 25.3 Å². The Morgan fingerprint density at radius 2 is 2.19 bits per heavy atom. The lowest BCUT2D eigenvalue weighted by molar-refractivity contribution is 0.00479. The average molecular weight is 372 g/mol. The topological polar surface area (TPSA) is 48.3 Å². The molecule has 1 fully saturated rings. The Labute approximate surface area is 157 Å². The molecule has 136 valence electrons. The van der Waals surface area contributed by atoms with Gasteiger partial charge in [-0.3, -0.25) is 4.68 Å². The van der Waals surface area contributed by atoms with Gasteiger partial charge in [0.25, 0.3) is 0 Å². The third kappa shape index (κ3) is 3.64. The van der Waals surface area contributed by atoms with Crippen molar-refractivity contribution in [3.63, 3.8) is 0 Å². The number of benzene rings is 2. The van der Waals surface area contributed by atoms with Crippen LogP contribution in [-0.2, 0) is 11.3 Å². The lowest BCUT2D eigenvalue weighted by Crippen LogP contribution is -2.24. The van der Waals surface area contributed by atoms with Crippen LogP contribution in [0.4, 0.5) is 11.5 Å². The molecule has 0 unspecified atom stereocenters. The number of hydrogen-bond donors (Lipinski definition) is 1. The van der Waals surface area contributed by atoms with Crippen molar-refractivity contribution in [3.05, 3.63) is 47.5 Å². The van der Waals surface area contributed by atoms with Gasteiger partial charge in [-0.25, -0.2) is 0 Å². The predicted molar refractivity (Wildman–Crippen MR) is 105 cm³/mol. The lowest BCUT2D eigenvalue weighted by Gasteiger charge is -2.22. The molecule has 26 heavy (non-hydrogen) atoms. The average Bonchev–Trinajstić information content (AvgIpc) is 2.99. The zero-order valence-electron chi connectivity index (χ0n) is 14.7. The highest BCUT2D eigenvalue weighted by atomic mass is 35.5. The first-order chi connectivity index (χ1) is 12.7. The number of methoxy groups -OCH3 is 1. The first kappa shape index (κ1) is 17.2. The fourth-order valence-corrected chi connectivity index (χ4v) is 3.55. The van der Waals surface area contributed by atoms with Crippen LogP contribution in [0.25, 0.3) is 10.9 Å². The minimum Gasteiger partial charge on any atom is -0.497 e. The van der Waals surface area contributed by atoms with Crippen LogP contribution in [0.1, 0.15) is 19.3 Å². The molecule has 1 aliphatic rings. The van der Waals surface area contributed by atoms with Crippen molar-refractivity contribution in [1.29, 1.82) is 0 Å². The summed E-state index contributed by atoms with van der Waals surface area (Å²) in [7, 11) is 1.67. The second kappa shape index (κ2) is 7.56. The van der Waals surface area contributed by atoms with Crippen LogP contribution in [0, 0.1) is 0 Å². The standard InChI is InChI=1S/C20H22ClN3O2/c1-25-16-8-9-19-18(12-16)20(22-15-6-4-5-14(21)11-15)23-24(19)13-17-7-2-3-10-26-17/h4-6,8-9,11-12,17H,2-3,7,10,13H2,1H3,(H,22,23)/t17-/m0/s1. The number of anilines is 2. The van der Waals surface area contributed by atoms with Gasteiger partial charge in [0.1, 0.15) is 5.75 Å². The smallest absolute Gasteiger partial charge is 0.160 e. The highest BCUT2D eigenvalue weighted by Crippen LogP contribution is 2.30. The summed E-state index contributed by atoms with van der Waals surface area (Å²) in [6.45, 7) is 1.59. The third-order valence-electron chi connectivity index (χ3n) is 4.70. The Hall–Kier alpha value is -2.24. The van der Waals surface area contributed by atoms with E-state index in [9.17, 15) is 0 Å². The molecular weight excluding hydrogens is 350 g/mol. The summed E-state index contributed by atoms with van der Waals surface area (Å²) in [4.78, 5) is 0. The number of hydrogen-bond acceptors (Lipinski definition) is 4. The molecule has 3 aromatic rings. The van der Waals surface area contributed by atoms with Crippen molar-refractivity contribution in [1.82, 2.24) is 9.78 Å². The number of nitrogens with zero attached hydrogens (tertiary/aromatic N) is 2. The van der Waals surface area contributed by atoms with Crippen molar-refractivity contribution >= 4 is 34.0 Å². The molecule has 0 bridgehead atoms. The van der Waals surface area contributed by atoms with Gasteiger partial charge in [-0.1, -0.05) is 17.7 Å². The van der Waals surface area contributed by atoms with E-state index in [1.165, 1.54) is 6.42 Å². The molecule has 5 nitrogen and oxygen atoms in total. The molecule has 2 heterocycles. The van der Waals surface area contributed by atoms with Gasteiger partial charge in [0.2, 0.25) is 0 Å². The van der Waals surface area contributed by atoms with Gasteiger partial charge in [0, 0.05) is 22.7 Å². The van der Waals surface area contributed by atoms with E-state index in [0.717, 1.165) is 54.2 Å². The van der Waals surface area contributed by atoms with E-state index in [2.05, 4.69) is 5.32 Å². The zero-order chi connectivity index (χ0) is 17.9. The Morgan fingerprint density at radius 1 is 1.27 bits per heavy atom. The van der Waals surface area contributed by atoms with Crippen LogP contribution in [0.2, 0.25) is 5.02 Å². The Kier molecular flexibility index (Phi) is 5.00. The molecule has 1 saturated heterocycles. The fourth-order valence-electron chi connectivity index (χ4n) is 3.36. The molecule has 2 aromatic carbocycles. The summed E-state index contributed by atoms with van der Waals surface area (Å²) in [5.74, 6) is 1.59. The summed E-state index contributed by atoms with van der Waals surface area (Å²) >= 11 is 6.11. The number of ether oxygens (including phenoxy) is 2. The first-order valence-electron chi connectivity index (χ1n) is 8.92. The summed E-state index contributed by atoms with van der Waals surface area (Å²) < 4.78 is 13.3. The molecule has 4 rings (SSSR count). The van der Waals surface area contributed by atoms with Crippen molar-refractivity contribution in [3.8, 4) is 5.75 Å². The molecular formula is C20H22ClN3O2. The Morgan fingerprint density at radius 3 is 2.96 bits per heavy atom. The van der Waals surface area contributed by atoms with Crippen LogP contribution in [0.15, 0.2) is 42.5 Å². The molecule has 0 aliphatic carbocycles. The van der Waals surface area contributed by atoms with Gasteiger partial charge in [-0.05, 0) is 55.7 Å². The van der Waals surface area contributed by atoms with Gasteiger partial charge in [-0.2, -0.15) is 5.10 Å². The van der Waals surface area contributed by atoms with E-state index in [4.69, 9.17) is 26.2 Å². The number of fused-ring (bicyclic) bond motifs is 1. The largest absolute Gasteiger partial charge is 0.497 e. The Balaban J connectivity index is 1.70. The highest BCUT2D eigenvalue weighted by Gasteiger charge is 2.18. The van der Waals surface area contributed by atoms with Crippen molar-refractivity contribution in [2.45, 2.75) is 31.9 Å². The van der Waals surface area contributed by atoms with Crippen molar-refractivity contribution < 1.29 is 9.47 Å². The summed E-state index contributed by atoms with van der Waals surface area (Å²) in [6, 6.07) is 13.6. The minimum absolute atomic E-state index is 0.216. The molecule has 0 radical (unpaired) electrons. The molecule has 1 aliphatic heterocycles. The van der Waals surface area contributed by atoms with E-state index in [1.54, 1.807) is 7.11 Å². The molecule has 6 heteroatoms. The van der Waals surface area contributed by atoms with E-state index >= 15 is 0 Å². The van der Waals surface area contributed by atoms with E-state index < -0.39 is 0 Å². The van der Waals surface area contributed by atoms with Crippen LogP contribution < -0.4 is 10.1 Å². The van der Waals surface area contributed by atoms with Crippen LogP contribution in [0.3, 0.4) is 0 Å². The molecule has 1 atom stereocenters. The SMILES string of the molecule is COc1ccc2c(c1)c(Nc1cccc(Cl)c1)nn2C[C@@H]1CCCCO1. The van der Waals surface area contributed by atoms with Crippen molar-refractivity contribution in [2.75, 3.05) is 19.0 Å². The molecule has 0 spiro atoms. The maximum Gasteiger partial charge on any atom is 0.160 e. The Bertz CT molecular complexity index is 903. The summed E-state index contributed by atoms with van der Waals surface area (Å²) in [5.41, 5.74) is 1.96. The monoisotopic (exact) mass is 371 g/mol. The van der Waals surface area contributed by atoms with Gasteiger partial charge in [-0.15, -0.1) is 0 Å². The molecule has 1 aromatic heterocycles. The number of nitrogens with one attached hydrogen (secondary N) is 1. The van der Waals surface area contributed by atoms with Gasteiger partial charge < -0.3 is 14.8 Å². The second-order valence-corrected chi connectivity index (χ2v) is 6.97. The first-order valence-corrected chi connectivity index (χ1v) is 9.29. The normalized spacial score (nSPS) is 17.4. The number of aromatic nitrogens is 2. The quantitative estimate of drug-likeness (QED) is 0.684. The predicted octanol–water partition coefficient (Wildman–Crippen LogP) is 5.01. The van der Waals surface area contributed by atoms with Crippen LogP contribution in [0.5, 0.6) is 5.75 Å². The lowest BCUT2D eigenvalue weighted by atomic mass is 10.1. The maximum atomic E-state index is 6.11.